The van der Waals surface area contributed by atoms with Crippen molar-refractivity contribution < 1.29 is 9.21 Å². The SMILES string of the molecule is Cc1nc2cc(CNC(=O)NC3CCCCC3)ccc2o1. The number of nitrogens with zero attached hydrogens (tertiary/aromatic N) is 1. The Bertz CT molecular complexity index is 629. The molecule has 0 atom stereocenters. The van der Waals surface area contributed by atoms with E-state index in [0.717, 1.165) is 29.5 Å². The number of nitrogens with one attached hydrogen (secondary N) is 2. The summed E-state index contributed by atoms with van der Waals surface area (Å²) in [6, 6.07) is 6.05. The van der Waals surface area contributed by atoms with Crippen LogP contribution in [0.15, 0.2) is 22.6 Å². The summed E-state index contributed by atoms with van der Waals surface area (Å²) in [5, 5.41) is 5.96. The molecule has 1 aliphatic carbocycles. The predicted molar refractivity (Wildman–Crippen MR) is 81.0 cm³/mol. The predicted octanol–water partition coefficient (Wildman–Crippen LogP) is 3.27. The lowest BCUT2D eigenvalue weighted by Crippen LogP contribution is -2.42. The lowest BCUT2D eigenvalue weighted by Gasteiger charge is -2.22. The fourth-order valence-corrected chi connectivity index (χ4v) is 2.86. The van der Waals surface area contributed by atoms with E-state index in [0.29, 0.717) is 18.5 Å². The number of hydrogen-bond acceptors (Lipinski definition) is 3. The summed E-state index contributed by atoms with van der Waals surface area (Å²) in [5.41, 5.74) is 2.64. The molecule has 2 aromatic rings. The Morgan fingerprint density at radius 1 is 1.33 bits per heavy atom. The van der Waals surface area contributed by atoms with Gasteiger partial charge in [-0.25, -0.2) is 9.78 Å². The zero-order chi connectivity index (χ0) is 14.7. The second-order valence-electron chi connectivity index (χ2n) is 5.70. The molecule has 1 saturated carbocycles. The molecule has 0 unspecified atom stereocenters. The van der Waals surface area contributed by atoms with E-state index >= 15 is 0 Å². The van der Waals surface area contributed by atoms with Gasteiger partial charge in [0.2, 0.25) is 0 Å². The minimum Gasteiger partial charge on any atom is -0.441 e. The number of rotatable bonds is 3. The molecule has 112 valence electrons. The van der Waals surface area contributed by atoms with E-state index < -0.39 is 0 Å². The second kappa shape index (κ2) is 6.16. The summed E-state index contributed by atoms with van der Waals surface area (Å²) in [6.07, 6.45) is 5.91. The molecule has 2 amide bonds. The van der Waals surface area contributed by atoms with Gasteiger partial charge < -0.3 is 15.1 Å². The molecule has 5 heteroatoms. The van der Waals surface area contributed by atoms with Gasteiger partial charge in [-0.2, -0.15) is 0 Å². The van der Waals surface area contributed by atoms with Crippen molar-refractivity contribution in [3.63, 3.8) is 0 Å². The Morgan fingerprint density at radius 2 is 2.14 bits per heavy atom. The Kier molecular flexibility index (Phi) is 4.08. The topological polar surface area (TPSA) is 67.2 Å². The molecule has 3 rings (SSSR count). The molecule has 1 heterocycles. The molecular formula is C16H21N3O2. The van der Waals surface area contributed by atoms with E-state index in [2.05, 4.69) is 15.6 Å². The Labute approximate surface area is 124 Å². The van der Waals surface area contributed by atoms with Crippen molar-refractivity contribution in [2.75, 3.05) is 0 Å². The summed E-state index contributed by atoms with van der Waals surface area (Å²) < 4.78 is 5.44. The fourth-order valence-electron chi connectivity index (χ4n) is 2.86. The van der Waals surface area contributed by atoms with Crippen LogP contribution in [0.5, 0.6) is 0 Å². The third-order valence-electron chi connectivity index (χ3n) is 3.95. The first-order valence-corrected chi connectivity index (χ1v) is 7.61. The number of amides is 2. The van der Waals surface area contributed by atoms with Gasteiger partial charge in [0.15, 0.2) is 11.5 Å². The van der Waals surface area contributed by atoms with Crippen LogP contribution < -0.4 is 10.6 Å². The number of urea groups is 1. The van der Waals surface area contributed by atoms with Gasteiger partial charge in [-0.3, -0.25) is 0 Å². The maximum absolute atomic E-state index is 11.9. The van der Waals surface area contributed by atoms with Crippen LogP contribution in [0.4, 0.5) is 4.79 Å². The number of aryl methyl sites for hydroxylation is 1. The van der Waals surface area contributed by atoms with E-state index in [1.54, 1.807) is 0 Å². The fraction of sp³-hybridized carbons (Fsp3) is 0.500. The molecule has 1 aromatic carbocycles. The highest BCUT2D eigenvalue weighted by Gasteiger charge is 2.15. The van der Waals surface area contributed by atoms with Crippen molar-refractivity contribution in [3.05, 3.63) is 29.7 Å². The van der Waals surface area contributed by atoms with Crippen molar-refractivity contribution in [1.82, 2.24) is 15.6 Å². The third kappa shape index (κ3) is 3.54. The van der Waals surface area contributed by atoms with Crippen molar-refractivity contribution in [3.8, 4) is 0 Å². The number of hydrogen-bond donors (Lipinski definition) is 2. The number of carbonyl (C=O) groups excluding carboxylic acids is 1. The van der Waals surface area contributed by atoms with Crippen molar-refractivity contribution in [2.24, 2.45) is 0 Å². The molecule has 1 aromatic heterocycles. The summed E-state index contributed by atoms with van der Waals surface area (Å²) in [6.45, 7) is 2.33. The Morgan fingerprint density at radius 3 is 2.95 bits per heavy atom. The van der Waals surface area contributed by atoms with Gasteiger partial charge in [-0.05, 0) is 30.5 Å². The van der Waals surface area contributed by atoms with Gasteiger partial charge in [-0.15, -0.1) is 0 Å². The van der Waals surface area contributed by atoms with Crippen LogP contribution in [0, 0.1) is 6.92 Å². The molecule has 1 fully saturated rings. The molecule has 0 spiro atoms. The summed E-state index contributed by atoms with van der Waals surface area (Å²) in [4.78, 5) is 16.2. The van der Waals surface area contributed by atoms with Crippen LogP contribution in [-0.2, 0) is 6.54 Å². The normalized spacial score (nSPS) is 16.0. The minimum absolute atomic E-state index is 0.0849. The first-order chi connectivity index (χ1) is 10.2. The summed E-state index contributed by atoms with van der Waals surface area (Å²) in [5.74, 6) is 0.658. The average Bonchev–Trinajstić information content (AvgIpc) is 2.85. The van der Waals surface area contributed by atoms with E-state index in [-0.39, 0.29) is 6.03 Å². The molecule has 5 nitrogen and oxygen atoms in total. The molecule has 2 N–H and O–H groups in total. The summed E-state index contributed by atoms with van der Waals surface area (Å²) >= 11 is 0. The van der Waals surface area contributed by atoms with E-state index in [1.807, 2.05) is 25.1 Å². The monoisotopic (exact) mass is 287 g/mol. The molecule has 0 bridgehead atoms. The van der Waals surface area contributed by atoms with Crippen molar-refractivity contribution >= 4 is 17.1 Å². The first-order valence-electron chi connectivity index (χ1n) is 7.61. The van der Waals surface area contributed by atoms with Crippen LogP contribution in [0.2, 0.25) is 0 Å². The number of benzene rings is 1. The average molecular weight is 287 g/mol. The lowest BCUT2D eigenvalue weighted by atomic mass is 9.96. The first kappa shape index (κ1) is 13.9. The highest BCUT2D eigenvalue weighted by molar-refractivity contribution is 5.75. The largest absolute Gasteiger partial charge is 0.441 e. The van der Waals surface area contributed by atoms with E-state index in [4.69, 9.17) is 4.42 Å². The Balaban J connectivity index is 1.54. The van der Waals surface area contributed by atoms with E-state index in [1.165, 1.54) is 19.3 Å². The van der Waals surface area contributed by atoms with Crippen LogP contribution in [0.25, 0.3) is 11.1 Å². The molecule has 0 saturated heterocycles. The zero-order valence-corrected chi connectivity index (χ0v) is 12.3. The lowest BCUT2D eigenvalue weighted by molar-refractivity contribution is 0.232. The molecule has 1 aliphatic rings. The smallest absolute Gasteiger partial charge is 0.315 e. The van der Waals surface area contributed by atoms with Gasteiger partial charge in [0, 0.05) is 19.5 Å². The van der Waals surface area contributed by atoms with Crippen LogP contribution in [0.3, 0.4) is 0 Å². The summed E-state index contributed by atoms with van der Waals surface area (Å²) in [7, 11) is 0. The van der Waals surface area contributed by atoms with Gasteiger partial charge in [0.05, 0.1) is 0 Å². The zero-order valence-electron chi connectivity index (χ0n) is 12.3. The maximum Gasteiger partial charge on any atom is 0.315 e. The van der Waals surface area contributed by atoms with Crippen molar-refractivity contribution in [1.29, 1.82) is 0 Å². The quantitative estimate of drug-likeness (QED) is 0.910. The highest BCUT2D eigenvalue weighted by atomic mass is 16.3. The van der Waals surface area contributed by atoms with Gasteiger partial charge >= 0.3 is 6.03 Å². The maximum atomic E-state index is 11.9. The van der Waals surface area contributed by atoms with Gasteiger partial charge in [-0.1, -0.05) is 25.3 Å². The van der Waals surface area contributed by atoms with Gasteiger partial charge in [0.25, 0.3) is 0 Å². The highest BCUT2D eigenvalue weighted by Crippen LogP contribution is 2.18. The number of fused-ring (bicyclic) bond motifs is 1. The van der Waals surface area contributed by atoms with Crippen molar-refractivity contribution in [2.45, 2.75) is 51.6 Å². The number of carbonyl (C=O) groups is 1. The van der Waals surface area contributed by atoms with Crippen LogP contribution in [0.1, 0.15) is 43.6 Å². The van der Waals surface area contributed by atoms with E-state index in [9.17, 15) is 4.79 Å². The van der Waals surface area contributed by atoms with Crippen LogP contribution in [-0.4, -0.2) is 17.1 Å². The molecule has 0 aliphatic heterocycles. The number of aromatic nitrogens is 1. The Hall–Kier alpha value is -2.04. The number of oxazole rings is 1. The third-order valence-corrected chi connectivity index (χ3v) is 3.95. The van der Waals surface area contributed by atoms with Crippen LogP contribution >= 0.6 is 0 Å². The minimum atomic E-state index is -0.0849. The second-order valence-corrected chi connectivity index (χ2v) is 5.70. The van der Waals surface area contributed by atoms with Gasteiger partial charge in [0.1, 0.15) is 5.52 Å². The molecule has 21 heavy (non-hydrogen) atoms. The molecular weight excluding hydrogens is 266 g/mol. The molecule has 0 radical (unpaired) electrons. The standard InChI is InChI=1S/C16H21N3O2/c1-11-18-14-9-12(7-8-15(14)21-11)10-17-16(20)19-13-5-3-2-4-6-13/h7-9,13H,2-6,10H2,1H3,(H2,17,19,20).